The molecular formula is C86H86BClIr2N8O2-2. The summed E-state index contributed by atoms with van der Waals surface area (Å²) in [7, 11) is -0.388. The summed E-state index contributed by atoms with van der Waals surface area (Å²) in [5.74, 6) is 3.04. The molecule has 512 valence electrons. The van der Waals surface area contributed by atoms with E-state index in [4.69, 9.17) is 40.8 Å². The normalized spacial score (nSPS) is 13.3. The van der Waals surface area contributed by atoms with Crippen LogP contribution in [0.1, 0.15) is 133 Å². The largest absolute Gasteiger partial charge is 0.496 e. The zero-order valence-corrected chi connectivity index (χ0v) is 65.5. The molecule has 4 aromatic heterocycles. The number of nitrogens with zero attached hydrogens (tertiary/aromatic N) is 8. The van der Waals surface area contributed by atoms with Crippen LogP contribution in [0.2, 0.25) is 5.28 Å². The second-order valence-corrected chi connectivity index (χ2v) is 30.4. The van der Waals surface area contributed by atoms with E-state index in [0.29, 0.717) is 29.1 Å². The Hall–Kier alpha value is -8.35. The zero-order chi connectivity index (χ0) is 69.8. The molecule has 0 atom stereocenters. The van der Waals surface area contributed by atoms with E-state index in [-0.39, 0.29) is 85.5 Å². The summed E-state index contributed by atoms with van der Waals surface area (Å²) in [5, 5.41) is 0.204. The first-order valence-electron chi connectivity index (χ1n) is 33.5. The van der Waals surface area contributed by atoms with Gasteiger partial charge in [0.25, 0.3) is 0 Å². The van der Waals surface area contributed by atoms with Gasteiger partial charge in [0.1, 0.15) is 0 Å². The van der Waals surface area contributed by atoms with Crippen molar-refractivity contribution < 1.29 is 49.5 Å². The maximum atomic E-state index is 6.20. The Morgan fingerprint density at radius 3 is 0.890 bits per heavy atom. The van der Waals surface area contributed by atoms with Crippen LogP contribution < -0.4 is 5.46 Å². The number of benzene rings is 8. The number of rotatable bonds is 10. The van der Waals surface area contributed by atoms with Crippen LogP contribution in [0.15, 0.2) is 231 Å². The van der Waals surface area contributed by atoms with Crippen molar-refractivity contribution in [2.24, 2.45) is 0 Å². The second kappa shape index (κ2) is 31.3. The van der Waals surface area contributed by atoms with Crippen molar-refractivity contribution in [1.29, 1.82) is 0 Å². The third-order valence-corrected chi connectivity index (χ3v) is 18.2. The summed E-state index contributed by atoms with van der Waals surface area (Å²) in [6.07, 6.45) is 3.67. The Labute approximate surface area is 624 Å². The topological polar surface area (TPSA) is 122 Å². The fourth-order valence-corrected chi connectivity index (χ4v) is 11.2. The number of pyridine rings is 2. The van der Waals surface area contributed by atoms with Crippen molar-refractivity contribution in [2.45, 2.75) is 144 Å². The first-order valence-corrected chi connectivity index (χ1v) is 33.9. The van der Waals surface area contributed by atoms with Crippen molar-refractivity contribution in [2.75, 3.05) is 0 Å². The quantitative estimate of drug-likeness (QED) is 0.0966. The minimum absolute atomic E-state index is 0. The van der Waals surface area contributed by atoms with Gasteiger partial charge in [-0.3, -0.25) is 0 Å². The fourth-order valence-electron chi connectivity index (χ4n) is 11.0. The molecule has 8 aromatic carbocycles. The van der Waals surface area contributed by atoms with Crippen LogP contribution >= 0.6 is 11.6 Å². The minimum Gasteiger partial charge on any atom is -0.399 e. The second-order valence-electron chi connectivity index (χ2n) is 30.1. The maximum Gasteiger partial charge on any atom is 0.496 e. The van der Waals surface area contributed by atoms with Crippen LogP contribution in [-0.4, -0.2) is 58.2 Å². The molecule has 0 aliphatic carbocycles. The fraction of sp³-hybridized carbons (Fsp3) is 0.256. The van der Waals surface area contributed by atoms with Gasteiger partial charge in [-0.1, -0.05) is 287 Å². The number of hydrogen-bond acceptors (Lipinski definition) is 10. The van der Waals surface area contributed by atoms with E-state index in [9.17, 15) is 0 Å². The van der Waals surface area contributed by atoms with Crippen LogP contribution in [0, 0.1) is 12.1 Å². The van der Waals surface area contributed by atoms with Gasteiger partial charge in [0, 0.05) is 80.4 Å². The van der Waals surface area contributed by atoms with Crippen LogP contribution in [-0.2, 0) is 71.2 Å². The first-order chi connectivity index (χ1) is 46.4. The van der Waals surface area contributed by atoms with Crippen molar-refractivity contribution in [3.63, 3.8) is 0 Å². The van der Waals surface area contributed by atoms with Gasteiger partial charge in [-0.2, -0.15) is 9.97 Å². The first kappa shape index (κ1) is 75.8. The van der Waals surface area contributed by atoms with E-state index in [0.717, 1.165) is 66.9 Å². The molecule has 5 heterocycles. The summed E-state index contributed by atoms with van der Waals surface area (Å²) in [5.41, 5.74) is 18.5. The van der Waals surface area contributed by atoms with Crippen LogP contribution in [0.25, 0.3) is 102 Å². The SMILES string of the molecule is CC(C)(C)c1ccc(-c2nc(-c3ccc(C(C)(C)C)cc3)nc(-c3ccc(-c4[c-]cc(-c5ccccc5)cc4)nc3)n2)cc1.CC(C)(C)c1ccc(-c2nc(Cl)nc(-c3ccc(C(C)(C)C)cc3)n2)cc1.CC1(C)OB(c2ccc(-c3[c-]cc(-c4ccccc4)cc3)nc2)OC1(C)C.[Ir].[Ir]. The van der Waals surface area contributed by atoms with Gasteiger partial charge in [0.15, 0.2) is 29.1 Å². The standard InChI is InChI=1S/C40H37N4.C23H23BNO2.C23H26ClN3.2Ir/c1-39(2,3)33-21-16-30(17-22-33)36-42-37(31-18-23-34(24-19-31)40(4,5)6)44-38(43-36)32-20-25-35(41-26-32)29-14-12-28(13-15-29)27-10-8-7-9-11-27;1-22(2)23(3,4)27-24(26-22)20-14-15-21(25-16-20)19-12-10-18(11-13-19)17-8-6-5-7-9-17;1-22(2,3)17-11-7-15(8-12-17)19-25-20(27-21(24)26-19)16-9-13-18(14-10-16)23(4,5)6;;/h7-14,16-26H,1-6H3;5-12,14-16H,1-4H3;7-14H,1-6H3;;/q2*-1;;;. The van der Waals surface area contributed by atoms with Gasteiger partial charge in [-0.15, -0.1) is 59.7 Å². The maximum absolute atomic E-state index is 6.20. The molecule has 12 aromatic rings. The summed E-state index contributed by atoms with van der Waals surface area (Å²) in [6, 6.07) is 81.4. The molecule has 1 aliphatic heterocycles. The summed E-state index contributed by atoms with van der Waals surface area (Å²) >= 11 is 6.20. The Balaban J connectivity index is 0.000000182. The molecule has 10 nitrogen and oxygen atoms in total. The summed E-state index contributed by atoms with van der Waals surface area (Å²) in [6.45, 7) is 34.7. The average Bonchev–Trinajstić information content (AvgIpc) is 1.55. The summed E-state index contributed by atoms with van der Waals surface area (Å²) < 4.78 is 12.2. The molecule has 1 aliphatic rings. The Bertz CT molecular complexity index is 4490. The van der Waals surface area contributed by atoms with Crippen molar-refractivity contribution >= 4 is 24.2 Å². The molecule has 0 unspecified atom stereocenters. The predicted molar refractivity (Wildman–Crippen MR) is 404 cm³/mol. The average molecular weight is 1690 g/mol. The molecule has 1 fully saturated rings. The van der Waals surface area contributed by atoms with E-state index < -0.39 is 0 Å². The molecule has 100 heavy (non-hydrogen) atoms. The third-order valence-electron chi connectivity index (χ3n) is 18.0. The van der Waals surface area contributed by atoms with Crippen LogP contribution in [0.5, 0.6) is 0 Å². The molecule has 0 N–H and O–H groups in total. The molecule has 14 heteroatoms. The number of halogens is 1. The van der Waals surface area contributed by atoms with Gasteiger partial charge in [-0.05, 0) is 100 Å². The molecule has 0 saturated carbocycles. The van der Waals surface area contributed by atoms with E-state index in [1.54, 1.807) is 0 Å². The van der Waals surface area contributed by atoms with Gasteiger partial charge < -0.3 is 19.3 Å². The van der Waals surface area contributed by atoms with Gasteiger partial charge in [0.05, 0.1) is 11.2 Å². The molecule has 2 radical (unpaired) electrons. The molecule has 0 amide bonds. The van der Waals surface area contributed by atoms with E-state index in [1.807, 2.05) is 109 Å². The summed E-state index contributed by atoms with van der Waals surface area (Å²) in [4.78, 5) is 37.5. The van der Waals surface area contributed by atoms with Gasteiger partial charge in [0.2, 0.25) is 5.28 Å². The van der Waals surface area contributed by atoms with Crippen LogP contribution in [0.3, 0.4) is 0 Å². The molecular weight excluding hydrogens is 1610 g/mol. The smallest absolute Gasteiger partial charge is 0.399 e. The number of hydrogen-bond donors (Lipinski definition) is 0. The van der Waals surface area contributed by atoms with E-state index in [1.165, 1.54) is 33.4 Å². The van der Waals surface area contributed by atoms with Crippen LogP contribution in [0.4, 0.5) is 0 Å². The van der Waals surface area contributed by atoms with Gasteiger partial charge >= 0.3 is 7.12 Å². The van der Waals surface area contributed by atoms with Crippen molar-refractivity contribution in [3.05, 3.63) is 270 Å². The Morgan fingerprint density at radius 1 is 0.320 bits per heavy atom. The molecule has 13 rings (SSSR count). The monoisotopic (exact) mass is 1690 g/mol. The van der Waals surface area contributed by atoms with E-state index >= 15 is 0 Å². The third kappa shape index (κ3) is 18.6. The minimum atomic E-state index is -0.388. The number of aromatic nitrogens is 8. The van der Waals surface area contributed by atoms with E-state index in [2.05, 4.69) is 264 Å². The van der Waals surface area contributed by atoms with Crippen molar-refractivity contribution in [3.8, 4) is 102 Å². The predicted octanol–water partition coefficient (Wildman–Crippen LogP) is 21.0. The van der Waals surface area contributed by atoms with Gasteiger partial charge in [-0.25, -0.2) is 19.9 Å². The molecule has 1 saturated heterocycles. The Morgan fingerprint density at radius 2 is 0.610 bits per heavy atom. The Kier molecular flexibility index (Phi) is 23.7. The molecule has 0 bridgehead atoms. The zero-order valence-electron chi connectivity index (χ0n) is 60.0. The van der Waals surface area contributed by atoms with Crippen molar-refractivity contribution in [1.82, 2.24) is 39.9 Å². The molecule has 0 spiro atoms.